The van der Waals surface area contributed by atoms with Crippen molar-refractivity contribution in [2.24, 2.45) is 5.92 Å². The highest BCUT2D eigenvalue weighted by molar-refractivity contribution is 9.10. The molecule has 22 heavy (non-hydrogen) atoms. The summed E-state index contributed by atoms with van der Waals surface area (Å²) in [7, 11) is -3.48. The lowest BCUT2D eigenvalue weighted by Crippen LogP contribution is -2.11. The lowest BCUT2D eigenvalue weighted by molar-refractivity contribution is 0.274. The molecule has 0 aliphatic heterocycles. The smallest absolute Gasteiger partial charge is 0.182 e. The van der Waals surface area contributed by atoms with Crippen LogP contribution in [0.25, 0.3) is 0 Å². The monoisotopic (exact) mass is 400 g/mol. The minimum Gasteiger partial charge on any atom is -0.396 e. The number of hydrogen-bond acceptors (Lipinski definition) is 3. The summed E-state index contributed by atoms with van der Waals surface area (Å²) in [5.74, 6) is -0.430. The maximum atomic E-state index is 12.8. The van der Waals surface area contributed by atoms with Crippen LogP contribution in [0.15, 0.2) is 57.9 Å². The molecule has 1 N–H and O–H groups in total. The molecule has 0 radical (unpaired) electrons. The summed E-state index contributed by atoms with van der Waals surface area (Å²) in [6.45, 7) is -0.141. The first-order valence-corrected chi connectivity index (χ1v) is 9.52. The summed E-state index contributed by atoms with van der Waals surface area (Å²) in [4.78, 5) is 0.250. The van der Waals surface area contributed by atoms with Crippen LogP contribution in [0.3, 0.4) is 0 Å². The van der Waals surface area contributed by atoms with Gasteiger partial charge in [-0.15, -0.1) is 0 Å². The molecule has 3 atom stereocenters. The fourth-order valence-corrected chi connectivity index (χ4v) is 5.48. The Morgan fingerprint density at radius 2 is 1.64 bits per heavy atom. The van der Waals surface area contributed by atoms with Gasteiger partial charge in [0.1, 0.15) is 0 Å². The lowest BCUT2D eigenvalue weighted by atomic mass is 10.1. The molecular weight excluding hydrogens is 388 g/mol. The zero-order valence-corrected chi connectivity index (χ0v) is 14.6. The van der Waals surface area contributed by atoms with E-state index >= 15 is 0 Å². The van der Waals surface area contributed by atoms with Crippen LogP contribution < -0.4 is 0 Å². The molecule has 1 saturated carbocycles. The normalized spacial score (nSPS) is 24.2. The SMILES string of the molecule is O=S(=O)(c1ccc(Cl)cc1)[C@@H]1[C@H](CO)[C@H]1c1ccc(Br)cc1. The number of hydrogen-bond donors (Lipinski definition) is 1. The van der Waals surface area contributed by atoms with E-state index < -0.39 is 15.1 Å². The molecule has 2 aromatic carbocycles. The molecule has 0 amide bonds. The van der Waals surface area contributed by atoms with Gasteiger partial charge in [0.15, 0.2) is 9.84 Å². The van der Waals surface area contributed by atoms with E-state index in [1.54, 1.807) is 12.1 Å². The van der Waals surface area contributed by atoms with Crippen LogP contribution in [-0.4, -0.2) is 25.4 Å². The third kappa shape index (κ3) is 2.83. The summed E-state index contributed by atoms with van der Waals surface area (Å²) in [5.41, 5.74) is 0.935. The van der Waals surface area contributed by atoms with Gasteiger partial charge < -0.3 is 5.11 Å². The molecule has 0 bridgehead atoms. The molecule has 1 aliphatic rings. The summed E-state index contributed by atoms with van der Waals surface area (Å²) < 4.78 is 26.5. The average Bonchev–Trinajstić information content (AvgIpc) is 3.24. The van der Waals surface area contributed by atoms with Gasteiger partial charge in [-0.05, 0) is 42.0 Å². The van der Waals surface area contributed by atoms with Crippen molar-refractivity contribution < 1.29 is 13.5 Å². The first kappa shape index (κ1) is 16.0. The minimum atomic E-state index is -3.48. The number of aliphatic hydroxyl groups excluding tert-OH is 1. The number of rotatable bonds is 4. The summed E-state index contributed by atoms with van der Waals surface area (Å²) in [6, 6.07) is 13.7. The van der Waals surface area contributed by atoms with Crippen molar-refractivity contribution >= 4 is 37.4 Å². The first-order chi connectivity index (χ1) is 10.4. The predicted molar refractivity (Wildman–Crippen MR) is 89.9 cm³/mol. The molecule has 2 aromatic rings. The second-order valence-corrected chi connectivity index (χ2v) is 8.85. The van der Waals surface area contributed by atoms with Gasteiger partial charge in [-0.1, -0.05) is 39.7 Å². The molecule has 1 aliphatic carbocycles. The highest BCUT2D eigenvalue weighted by atomic mass is 79.9. The molecule has 0 heterocycles. The molecule has 116 valence electrons. The molecule has 0 aromatic heterocycles. The second kappa shape index (κ2) is 5.96. The number of benzene rings is 2. The number of sulfone groups is 1. The molecule has 0 saturated heterocycles. The molecule has 3 nitrogen and oxygen atoms in total. The molecular formula is C16H14BrClO3S. The van der Waals surface area contributed by atoms with E-state index in [1.165, 1.54) is 12.1 Å². The maximum absolute atomic E-state index is 12.8. The molecule has 6 heteroatoms. The van der Waals surface area contributed by atoms with Crippen LogP contribution in [0.1, 0.15) is 11.5 Å². The van der Waals surface area contributed by atoms with Crippen molar-refractivity contribution in [1.29, 1.82) is 0 Å². The predicted octanol–water partition coefficient (Wildman–Crippen LogP) is 3.65. The first-order valence-electron chi connectivity index (χ1n) is 6.81. The zero-order valence-electron chi connectivity index (χ0n) is 11.5. The van der Waals surface area contributed by atoms with Crippen molar-refractivity contribution in [3.05, 3.63) is 63.6 Å². The summed E-state index contributed by atoms with van der Waals surface area (Å²) in [5, 5.41) is 9.44. The van der Waals surface area contributed by atoms with Crippen molar-refractivity contribution in [3.8, 4) is 0 Å². The van der Waals surface area contributed by atoms with Crippen molar-refractivity contribution in [1.82, 2.24) is 0 Å². The standard InChI is InChI=1S/C16H14BrClO3S/c17-11-3-1-10(2-4-11)15-14(9-19)16(15)22(20,21)13-7-5-12(18)6-8-13/h1-8,14-16,19H,9H2/t14-,15-,16-/m1/s1. The molecule has 0 unspecified atom stereocenters. The molecule has 0 spiro atoms. The number of halogens is 2. The molecule has 1 fully saturated rings. The lowest BCUT2D eigenvalue weighted by Gasteiger charge is -2.04. The van der Waals surface area contributed by atoms with Crippen molar-refractivity contribution in [2.75, 3.05) is 6.61 Å². The fraction of sp³-hybridized carbons (Fsp3) is 0.250. The van der Waals surface area contributed by atoms with Gasteiger partial charge in [0.25, 0.3) is 0 Å². The Labute approximate surface area is 143 Å². The highest BCUT2D eigenvalue weighted by Gasteiger charge is 2.58. The fourth-order valence-electron chi connectivity index (χ4n) is 2.89. The van der Waals surface area contributed by atoms with Gasteiger partial charge in [0.2, 0.25) is 0 Å². The Morgan fingerprint density at radius 3 is 2.18 bits per heavy atom. The third-order valence-corrected chi connectivity index (χ3v) is 7.13. The average molecular weight is 402 g/mol. The second-order valence-electron chi connectivity index (χ2n) is 5.39. The Balaban J connectivity index is 1.93. The third-order valence-electron chi connectivity index (χ3n) is 4.06. The van der Waals surface area contributed by atoms with E-state index in [9.17, 15) is 13.5 Å². The summed E-state index contributed by atoms with van der Waals surface area (Å²) in [6.07, 6.45) is 0. The van der Waals surface area contributed by atoms with E-state index in [1.807, 2.05) is 24.3 Å². The van der Waals surface area contributed by atoms with Gasteiger partial charge in [-0.2, -0.15) is 0 Å². The summed E-state index contributed by atoms with van der Waals surface area (Å²) >= 11 is 9.18. The van der Waals surface area contributed by atoms with Gasteiger partial charge in [-0.3, -0.25) is 0 Å². The highest BCUT2D eigenvalue weighted by Crippen LogP contribution is 2.53. The van der Waals surface area contributed by atoms with Crippen molar-refractivity contribution in [2.45, 2.75) is 16.1 Å². The van der Waals surface area contributed by atoms with Gasteiger partial charge in [0.05, 0.1) is 10.1 Å². The van der Waals surface area contributed by atoms with E-state index in [0.717, 1.165) is 10.0 Å². The molecule has 3 rings (SSSR count). The van der Waals surface area contributed by atoms with E-state index in [4.69, 9.17) is 11.6 Å². The van der Waals surface area contributed by atoms with E-state index in [-0.39, 0.29) is 23.3 Å². The van der Waals surface area contributed by atoms with Crippen LogP contribution in [0.4, 0.5) is 0 Å². The van der Waals surface area contributed by atoms with E-state index in [0.29, 0.717) is 5.02 Å². The van der Waals surface area contributed by atoms with Crippen LogP contribution in [0, 0.1) is 5.92 Å². The number of aliphatic hydroxyl groups is 1. The topological polar surface area (TPSA) is 54.4 Å². The Kier molecular flexibility index (Phi) is 4.34. The Hall–Kier alpha value is -0.880. The largest absolute Gasteiger partial charge is 0.396 e. The maximum Gasteiger partial charge on any atom is 0.182 e. The Morgan fingerprint density at radius 1 is 1.05 bits per heavy atom. The van der Waals surface area contributed by atoms with Crippen LogP contribution in [0.2, 0.25) is 5.02 Å². The van der Waals surface area contributed by atoms with Gasteiger partial charge in [-0.25, -0.2) is 8.42 Å². The zero-order chi connectivity index (χ0) is 15.9. The van der Waals surface area contributed by atoms with Gasteiger partial charge in [0, 0.05) is 27.9 Å². The minimum absolute atomic E-state index is 0.141. The Bertz CT molecular complexity index is 772. The van der Waals surface area contributed by atoms with Crippen LogP contribution in [0.5, 0.6) is 0 Å². The quantitative estimate of drug-likeness (QED) is 0.851. The van der Waals surface area contributed by atoms with Crippen LogP contribution in [-0.2, 0) is 9.84 Å². The van der Waals surface area contributed by atoms with E-state index in [2.05, 4.69) is 15.9 Å². The van der Waals surface area contributed by atoms with Crippen LogP contribution >= 0.6 is 27.5 Å². The van der Waals surface area contributed by atoms with Crippen molar-refractivity contribution in [3.63, 3.8) is 0 Å². The van der Waals surface area contributed by atoms with Gasteiger partial charge >= 0.3 is 0 Å².